The molecule has 2 atom stereocenters. The zero-order valence-corrected chi connectivity index (χ0v) is 11.8. The zero-order chi connectivity index (χ0) is 13.6. The number of carbonyl (C=O) groups is 1. The summed E-state index contributed by atoms with van der Waals surface area (Å²) in [6.45, 7) is 7.61. The molecule has 2 N–H and O–H groups in total. The Balaban J connectivity index is 2.60. The van der Waals surface area contributed by atoms with E-state index in [1.807, 2.05) is 33.8 Å². The summed E-state index contributed by atoms with van der Waals surface area (Å²) in [7, 11) is 0. The molecule has 0 radical (unpaired) electrons. The molecule has 1 aromatic carbocycles. The summed E-state index contributed by atoms with van der Waals surface area (Å²) in [5.74, 6) is -0.116. The number of halogens is 1. The van der Waals surface area contributed by atoms with Gasteiger partial charge in [-0.3, -0.25) is 4.79 Å². The summed E-state index contributed by atoms with van der Waals surface area (Å²) in [6.07, 6.45) is -0.607. The fourth-order valence-electron chi connectivity index (χ4n) is 2.30. The first kappa shape index (κ1) is 13.4. The molecule has 0 saturated heterocycles. The summed E-state index contributed by atoms with van der Waals surface area (Å²) in [4.78, 5) is 11.7. The van der Waals surface area contributed by atoms with Gasteiger partial charge in [0.1, 0.15) is 0 Å². The highest BCUT2D eigenvalue weighted by Gasteiger charge is 2.31. The number of hydrogen-bond acceptors (Lipinski definition) is 2. The van der Waals surface area contributed by atoms with Gasteiger partial charge in [0.25, 0.3) is 0 Å². The van der Waals surface area contributed by atoms with Crippen LogP contribution in [0.2, 0.25) is 5.02 Å². The fraction of sp³-hybridized carbons (Fsp3) is 0.500. The van der Waals surface area contributed by atoms with E-state index in [4.69, 9.17) is 11.6 Å². The van der Waals surface area contributed by atoms with Gasteiger partial charge in [0.05, 0.1) is 17.0 Å². The Bertz CT molecular complexity index is 511. The molecule has 0 fully saturated rings. The van der Waals surface area contributed by atoms with E-state index >= 15 is 0 Å². The summed E-state index contributed by atoms with van der Waals surface area (Å²) in [6, 6.07) is 1.86. The number of anilines is 1. The minimum Gasteiger partial charge on any atom is -0.388 e. The van der Waals surface area contributed by atoms with Crippen LogP contribution in [0.3, 0.4) is 0 Å². The molecule has 0 saturated carbocycles. The van der Waals surface area contributed by atoms with E-state index < -0.39 is 6.10 Å². The minimum absolute atomic E-state index is 0.0136. The van der Waals surface area contributed by atoms with Crippen LogP contribution in [0.1, 0.15) is 49.5 Å². The van der Waals surface area contributed by atoms with Crippen molar-refractivity contribution in [1.82, 2.24) is 0 Å². The number of aliphatic hydroxyl groups is 1. The predicted molar refractivity (Wildman–Crippen MR) is 73.0 cm³/mol. The zero-order valence-electron chi connectivity index (χ0n) is 11.0. The monoisotopic (exact) mass is 267 g/mol. The van der Waals surface area contributed by atoms with Crippen LogP contribution in [0.4, 0.5) is 5.69 Å². The first-order valence-electron chi connectivity index (χ1n) is 6.16. The Morgan fingerprint density at radius 2 is 2.06 bits per heavy atom. The Labute approximate surface area is 112 Å². The molecule has 1 amide bonds. The van der Waals surface area contributed by atoms with Crippen molar-refractivity contribution >= 4 is 23.2 Å². The number of fused-ring (bicyclic) bond motifs is 1. The van der Waals surface area contributed by atoms with Crippen LogP contribution in [-0.4, -0.2) is 11.0 Å². The van der Waals surface area contributed by atoms with E-state index in [0.717, 1.165) is 16.8 Å². The quantitative estimate of drug-likeness (QED) is 0.863. The summed E-state index contributed by atoms with van der Waals surface area (Å²) >= 11 is 6.30. The normalized spacial score (nSPS) is 19.9. The van der Waals surface area contributed by atoms with Crippen LogP contribution in [0.5, 0.6) is 0 Å². The van der Waals surface area contributed by atoms with Crippen LogP contribution in [0.25, 0.3) is 0 Å². The lowest BCUT2D eigenvalue weighted by Crippen LogP contribution is -2.08. The SMILES string of the molecule is Cc1c(Cl)c(C(O)C(C)C)cc2c1NC(=O)C2C. The van der Waals surface area contributed by atoms with Crippen LogP contribution >= 0.6 is 11.6 Å². The molecular weight excluding hydrogens is 250 g/mol. The molecule has 0 aliphatic carbocycles. The van der Waals surface area contributed by atoms with Crippen LogP contribution in [0, 0.1) is 12.8 Å². The van der Waals surface area contributed by atoms with Crippen molar-refractivity contribution in [3.05, 3.63) is 27.8 Å². The topological polar surface area (TPSA) is 49.3 Å². The highest BCUT2D eigenvalue weighted by Crippen LogP contribution is 2.42. The highest BCUT2D eigenvalue weighted by molar-refractivity contribution is 6.33. The van der Waals surface area contributed by atoms with Crippen molar-refractivity contribution in [1.29, 1.82) is 0 Å². The van der Waals surface area contributed by atoms with Gasteiger partial charge in [0, 0.05) is 11.3 Å². The third-order valence-electron chi connectivity index (χ3n) is 3.62. The second-order valence-electron chi connectivity index (χ2n) is 5.27. The van der Waals surface area contributed by atoms with Gasteiger partial charge < -0.3 is 10.4 Å². The van der Waals surface area contributed by atoms with Crippen LogP contribution in [0.15, 0.2) is 6.07 Å². The number of nitrogens with one attached hydrogen (secondary N) is 1. The molecule has 1 aliphatic rings. The second kappa shape index (κ2) is 4.56. The maximum atomic E-state index is 11.7. The average molecular weight is 268 g/mol. The van der Waals surface area contributed by atoms with Crippen molar-refractivity contribution < 1.29 is 9.90 Å². The first-order chi connectivity index (χ1) is 8.34. The standard InChI is InChI=1S/C14H18ClNO2/c1-6(2)13(17)10-5-9-7(3)14(18)16-12(9)8(4)11(10)15/h5-7,13,17H,1-4H3,(H,16,18). The minimum atomic E-state index is -0.607. The molecule has 2 unspecified atom stereocenters. The molecule has 1 heterocycles. The Morgan fingerprint density at radius 3 is 2.61 bits per heavy atom. The van der Waals surface area contributed by atoms with Crippen molar-refractivity contribution in [2.75, 3.05) is 5.32 Å². The number of aliphatic hydroxyl groups excluding tert-OH is 1. The molecule has 0 spiro atoms. The van der Waals surface area contributed by atoms with Gasteiger partial charge in [0.15, 0.2) is 0 Å². The van der Waals surface area contributed by atoms with E-state index in [2.05, 4.69) is 5.32 Å². The van der Waals surface area contributed by atoms with Crippen LogP contribution in [-0.2, 0) is 4.79 Å². The van der Waals surface area contributed by atoms with Crippen molar-refractivity contribution in [3.63, 3.8) is 0 Å². The summed E-state index contributed by atoms with van der Waals surface area (Å²) < 4.78 is 0. The van der Waals surface area contributed by atoms with Crippen LogP contribution < -0.4 is 5.32 Å². The van der Waals surface area contributed by atoms with Crippen molar-refractivity contribution in [3.8, 4) is 0 Å². The lowest BCUT2D eigenvalue weighted by atomic mass is 9.92. The molecule has 98 valence electrons. The lowest BCUT2D eigenvalue weighted by Gasteiger charge is -2.20. The number of rotatable bonds is 2. The number of benzene rings is 1. The van der Waals surface area contributed by atoms with E-state index in [1.165, 1.54) is 0 Å². The largest absolute Gasteiger partial charge is 0.388 e. The van der Waals surface area contributed by atoms with E-state index in [1.54, 1.807) is 0 Å². The molecule has 18 heavy (non-hydrogen) atoms. The summed E-state index contributed by atoms with van der Waals surface area (Å²) in [5.41, 5.74) is 3.28. The molecule has 1 aliphatic heterocycles. The Morgan fingerprint density at radius 1 is 1.44 bits per heavy atom. The molecule has 4 heteroatoms. The van der Waals surface area contributed by atoms with Gasteiger partial charge in [-0.2, -0.15) is 0 Å². The predicted octanol–water partition coefficient (Wildman–Crippen LogP) is 3.39. The first-order valence-corrected chi connectivity index (χ1v) is 6.54. The maximum Gasteiger partial charge on any atom is 0.231 e. The Kier molecular flexibility index (Phi) is 3.39. The van der Waals surface area contributed by atoms with Gasteiger partial charge >= 0.3 is 0 Å². The van der Waals surface area contributed by atoms with Gasteiger partial charge in [-0.15, -0.1) is 0 Å². The van der Waals surface area contributed by atoms with Gasteiger partial charge in [-0.1, -0.05) is 25.4 Å². The van der Waals surface area contributed by atoms with Gasteiger partial charge in [-0.25, -0.2) is 0 Å². The summed E-state index contributed by atoms with van der Waals surface area (Å²) in [5, 5.41) is 13.6. The second-order valence-corrected chi connectivity index (χ2v) is 5.65. The maximum absolute atomic E-state index is 11.7. The Hall–Kier alpha value is -1.06. The smallest absolute Gasteiger partial charge is 0.231 e. The average Bonchev–Trinajstić information content (AvgIpc) is 2.60. The fourth-order valence-corrected chi connectivity index (χ4v) is 2.56. The van der Waals surface area contributed by atoms with Crippen molar-refractivity contribution in [2.45, 2.75) is 39.7 Å². The molecule has 0 bridgehead atoms. The number of hydrogen-bond donors (Lipinski definition) is 2. The third kappa shape index (κ3) is 1.91. The van der Waals surface area contributed by atoms with E-state index in [9.17, 15) is 9.90 Å². The third-order valence-corrected chi connectivity index (χ3v) is 4.12. The molecule has 0 aromatic heterocycles. The highest BCUT2D eigenvalue weighted by atomic mass is 35.5. The van der Waals surface area contributed by atoms with E-state index in [0.29, 0.717) is 10.6 Å². The number of amides is 1. The lowest BCUT2D eigenvalue weighted by molar-refractivity contribution is -0.116. The molecular formula is C14H18ClNO2. The van der Waals surface area contributed by atoms with Gasteiger partial charge in [0.2, 0.25) is 5.91 Å². The molecule has 3 nitrogen and oxygen atoms in total. The number of carbonyl (C=O) groups excluding carboxylic acids is 1. The molecule has 1 aromatic rings. The van der Waals surface area contributed by atoms with Gasteiger partial charge in [-0.05, 0) is 37.0 Å². The van der Waals surface area contributed by atoms with E-state index in [-0.39, 0.29) is 17.7 Å². The molecule has 2 rings (SSSR count). The van der Waals surface area contributed by atoms with Crippen molar-refractivity contribution in [2.24, 2.45) is 5.92 Å².